The lowest BCUT2D eigenvalue weighted by Gasteiger charge is -2.11. The smallest absolute Gasteiger partial charge is 0.490 e. The summed E-state index contributed by atoms with van der Waals surface area (Å²) < 4.78 is 37.5. The number of rotatable bonds is 7. The molecule has 0 aliphatic rings. The van der Waals surface area contributed by atoms with E-state index in [0.29, 0.717) is 6.61 Å². The number of carbonyl (C=O) groups is 1. The monoisotopic (exact) mass is 409 g/mol. The molecule has 2 aromatic carbocycles. The first-order chi connectivity index (χ1) is 13.6. The molecule has 0 spiro atoms. The number of halogens is 3. The van der Waals surface area contributed by atoms with E-state index in [4.69, 9.17) is 14.6 Å². The molecule has 0 aliphatic carbocycles. The molecule has 7 heteroatoms. The quantitative estimate of drug-likeness (QED) is 0.638. The molecule has 29 heavy (non-hydrogen) atoms. The van der Waals surface area contributed by atoms with Gasteiger partial charge in [0.05, 0.1) is 0 Å². The van der Waals surface area contributed by atoms with E-state index in [2.05, 4.69) is 60.4 Å². The number of alkyl halides is 3. The van der Waals surface area contributed by atoms with Crippen LogP contribution in [-0.4, -0.2) is 49.4 Å². The second kappa shape index (κ2) is 11.9. The van der Waals surface area contributed by atoms with Crippen molar-refractivity contribution in [3.8, 4) is 5.75 Å². The molecule has 0 amide bonds. The van der Waals surface area contributed by atoms with Crippen LogP contribution in [0.5, 0.6) is 5.75 Å². The fraction of sp³-hybridized carbons (Fsp3) is 0.318. The summed E-state index contributed by atoms with van der Waals surface area (Å²) >= 11 is 0. The molecule has 0 aromatic heterocycles. The molecule has 2 rings (SSSR count). The number of ether oxygens (including phenoxy) is 1. The van der Waals surface area contributed by atoms with E-state index < -0.39 is 12.1 Å². The minimum absolute atomic E-state index is 0.715. The Morgan fingerprint density at radius 3 is 2.07 bits per heavy atom. The third kappa shape index (κ3) is 9.80. The maximum absolute atomic E-state index is 10.6. The Labute approximate surface area is 169 Å². The van der Waals surface area contributed by atoms with E-state index in [1.54, 1.807) is 0 Å². The zero-order chi connectivity index (χ0) is 21.9. The minimum atomic E-state index is -5.08. The maximum Gasteiger partial charge on any atom is 0.490 e. The lowest BCUT2D eigenvalue weighted by molar-refractivity contribution is -0.192. The molecule has 1 N–H and O–H groups in total. The van der Waals surface area contributed by atoms with E-state index in [-0.39, 0.29) is 0 Å². The van der Waals surface area contributed by atoms with E-state index in [1.807, 2.05) is 26.2 Å². The van der Waals surface area contributed by atoms with Gasteiger partial charge in [-0.1, -0.05) is 55.5 Å². The van der Waals surface area contributed by atoms with E-state index in [1.165, 1.54) is 16.7 Å². The predicted molar refractivity (Wildman–Crippen MR) is 109 cm³/mol. The number of nitrogens with zero attached hydrogens (tertiary/aromatic N) is 1. The van der Waals surface area contributed by atoms with Crippen molar-refractivity contribution in [1.82, 2.24) is 4.90 Å². The standard InChI is InChI=1S/C20H25NO.C2HF3O2/c1-4-18(19-8-6-5-7-9-19)16-17-10-12-20(13-11-17)22-15-14-21(2)3;3-2(4,5)1(6)7/h5-13,16H,4,14-15H2,1-3H3;(H,6,7)/b18-16-;. The highest BCUT2D eigenvalue weighted by Crippen LogP contribution is 2.22. The van der Waals surface area contributed by atoms with Crippen LogP contribution in [0, 0.1) is 0 Å². The zero-order valence-electron chi connectivity index (χ0n) is 16.7. The van der Waals surface area contributed by atoms with Crippen LogP contribution >= 0.6 is 0 Å². The predicted octanol–water partition coefficient (Wildman–Crippen LogP) is 5.21. The highest BCUT2D eigenvalue weighted by atomic mass is 19.4. The van der Waals surface area contributed by atoms with Gasteiger partial charge in [-0.15, -0.1) is 0 Å². The zero-order valence-corrected chi connectivity index (χ0v) is 16.7. The van der Waals surface area contributed by atoms with E-state index in [9.17, 15) is 13.2 Å². The van der Waals surface area contributed by atoms with Crippen LogP contribution < -0.4 is 4.74 Å². The summed E-state index contributed by atoms with van der Waals surface area (Å²) in [5.74, 6) is -1.83. The second-order valence-electron chi connectivity index (χ2n) is 6.41. The number of carboxylic acid groups (broad SMARTS) is 1. The summed E-state index contributed by atoms with van der Waals surface area (Å²) in [7, 11) is 4.10. The third-order valence-electron chi connectivity index (χ3n) is 3.80. The fourth-order valence-electron chi connectivity index (χ4n) is 2.25. The summed E-state index contributed by atoms with van der Waals surface area (Å²) in [5.41, 5.74) is 3.85. The number of hydrogen-bond donors (Lipinski definition) is 1. The summed E-state index contributed by atoms with van der Waals surface area (Å²) in [5, 5.41) is 7.12. The van der Waals surface area contributed by atoms with Crippen molar-refractivity contribution in [2.24, 2.45) is 0 Å². The van der Waals surface area contributed by atoms with Crippen molar-refractivity contribution in [3.63, 3.8) is 0 Å². The van der Waals surface area contributed by atoms with Crippen molar-refractivity contribution < 1.29 is 27.8 Å². The molecular formula is C22H26F3NO3. The van der Waals surface area contributed by atoms with Crippen molar-refractivity contribution in [3.05, 3.63) is 65.7 Å². The number of benzene rings is 2. The first-order valence-corrected chi connectivity index (χ1v) is 9.07. The van der Waals surface area contributed by atoms with Gasteiger partial charge in [-0.3, -0.25) is 0 Å². The van der Waals surface area contributed by atoms with Crippen molar-refractivity contribution in [1.29, 1.82) is 0 Å². The van der Waals surface area contributed by atoms with Crippen LogP contribution in [0.1, 0.15) is 24.5 Å². The van der Waals surface area contributed by atoms with Gasteiger partial charge in [0.15, 0.2) is 0 Å². The lowest BCUT2D eigenvalue weighted by Crippen LogP contribution is -2.21. The summed E-state index contributed by atoms with van der Waals surface area (Å²) in [4.78, 5) is 11.0. The molecule has 0 fully saturated rings. The highest BCUT2D eigenvalue weighted by molar-refractivity contribution is 5.81. The maximum atomic E-state index is 10.6. The summed E-state index contributed by atoms with van der Waals surface area (Å²) in [6.45, 7) is 3.83. The van der Waals surface area contributed by atoms with Gasteiger partial charge in [-0.05, 0) is 49.3 Å². The average Bonchev–Trinajstić information content (AvgIpc) is 2.67. The number of hydrogen-bond acceptors (Lipinski definition) is 3. The largest absolute Gasteiger partial charge is 0.492 e. The Bertz CT molecular complexity index is 770. The van der Waals surface area contributed by atoms with Crippen LogP contribution in [0.25, 0.3) is 11.6 Å². The topological polar surface area (TPSA) is 49.8 Å². The van der Waals surface area contributed by atoms with Gasteiger partial charge in [-0.2, -0.15) is 13.2 Å². The Morgan fingerprint density at radius 2 is 1.62 bits per heavy atom. The minimum Gasteiger partial charge on any atom is -0.492 e. The Kier molecular flexibility index (Phi) is 9.96. The molecule has 0 saturated heterocycles. The van der Waals surface area contributed by atoms with Crippen molar-refractivity contribution in [2.45, 2.75) is 19.5 Å². The van der Waals surface area contributed by atoms with E-state index >= 15 is 0 Å². The SMILES string of the molecule is CC/C(=C/c1ccc(OCCN(C)C)cc1)c1ccccc1.O=C(O)C(F)(F)F. The second-order valence-corrected chi connectivity index (χ2v) is 6.41. The molecular weight excluding hydrogens is 383 g/mol. The Balaban J connectivity index is 0.000000516. The van der Waals surface area contributed by atoms with Crippen molar-refractivity contribution in [2.75, 3.05) is 27.2 Å². The van der Waals surface area contributed by atoms with Crippen LogP contribution in [0.3, 0.4) is 0 Å². The molecule has 0 saturated carbocycles. The summed E-state index contributed by atoms with van der Waals surface area (Å²) in [6.07, 6.45) is -1.82. The molecule has 4 nitrogen and oxygen atoms in total. The van der Waals surface area contributed by atoms with Gasteiger partial charge >= 0.3 is 12.1 Å². The molecule has 0 bridgehead atoms. The molecule has 0 aliphatic heterocycles. The number of aliphatic carboxylic acids is 1. The number of carboxylic acids is 1. The first-order valence-electron chi connectivity index (χ1n) is 9.07. The first kappa shape index (κ1) is 24.2. The van der Waals surface area contributed by atoms with Crippen LogP contribution in [0.15, 0.2) is 54.6 Å². The molecule has 0 atom stereocenters. The number of likely N-dealkylation sites (N-methyl/N-ethyl adjacent to an activating group) is 1. The fourth-order valence-corrected chi connectivity index (χ4v) is 2.25. The van der Waals surface area contributed by atoms with Gasteiger partial charge in [0.1, 0.15) is 12.4 Å². The third-order valence-corrected chi connectivity index (χ3v) is 3.80. The normalized spacial score (nSPS) is 11.6. The highest BCUT2D eigenvalue weighted by Gasteiger charge is 2.38. The molecule has 0 radical (unpaired) electrons. The van der Waals surface area contributed by atoms with Gasteiger partial charge in [0, 0.05) is 6.54 Å². The molecule has 158 valence electrons. The van der Waals surface area contributed by atoms with Gasteiger partial charge in [0.2, 0.25) is 0 Å². The van der Waals surface area contributed by atoms with Gasteiger partial charge < -0.3 is 14.7 Å². The average molecular weight is 409 g/mol. The van der Waals surface area contributed by atoms with Crippen molar-refractivity contribution >= 4 is 17.6 Å². The Hall–Kier alpha value is -2.80. The Morgan fingerprint density at radius 1 is 1.07 bits per heavy atom. The van der Waals surface area contributed by atoms with Crippen LogP contribution in [0.4, 0.5) is 13.2 Å². The number of allylic oxidation sites excluding steroid dienone is 1. The van der Waals surface area contributed by atoms with Gasteiger partial charge in [-0.25, -0.2) is 4.79 Å². The molecule has 0 heterocycles. The lowest BCUT2D eigenvalue weighted by atomic mass is 10.0. The van der Waals surface area contributed by atoms with Crippen LogP contribution in [-0.2, 0) is 4.79 Å². The molecule has 0 unspecified atom stereocenters. The van der Waals surface area contributed by atoms with E-state index in [0.717, 1.165) is 18.7 Å². The summed E-state index contributed by atoms with van der Waals surface area (Å²) in [6, 6.07) is 18.9. The van der Waals surface area contributed by atoms with Gasteiger partial charge in [0.25, 0.3) is 0 Å². The molecule has 2 aromatic rings. The van der Waals surface area contributed by atoms with Crippen LogP contribution in [0.2, 0.25) is 0 Å².